The normalized spacial score (nSPS) is 26.1. The van der Waals surface area contributed by atoms with Crippen LogP contribution in [-0.4, -0.2) is 29.9 Å². The Bertz CT molecular complexity index is 611. The smallest absolute Gasteiger partial charge is 0.399 e. The molecule has 1 unspecified atom stereocenters. The van der Waals surface area contributed by atoms with Gasteiger partial charge in [-0.15, -0.1) is 0 Å². The molecule has 2 aliphatic rings. The minimum absolute atomic E-state index is 0.0945. The molecule has 2 fully saturated rings. The van der Waals surface area contributed by atoms with Gasteiger partial charge < -0.3 is 14.0 Å². The highest BCUT2D eigenvalue weighted by Crippen LogP contribution is 2.38. The molecule has 0 radical (unpaired) electrons. The largest absolute Gasteiger partial charge is 0.497 e. The van der Waals surface area contributed by atoms with Crippen molar-refractivity contribution in [2.45, 2.75) is 64.0 Å². The first-order valence-corrected chi connectivity index (χ1v) is 8.06. The van der Waals surface area contributed by atoms with Crippen LogP contribution < -0.4 is 5.46 Å². The number of hydrogen-bond acceptors (Lipinski definition) is 4. The van der Waals surface area contributed by atoms with Crippen molar-refractivity contribution in [3.63, 3.8) is 0 Å². The summed E-state index contributed by atoms with van der Waals surface area (Å²) in [6.45, 7) is 7.75. The predicted octanol–water partition coefficient (Wildman–Crippen LogP) is 3.25. The average Bonchev–Trinajstić information content (AvgIpc) is 3.04. The topological polar surface area (TPSA) is 40.6 Å². The van der Waals surface area contributed by atoms with Crippen LogP contribution in [0.3, 0.4) is 0 Å². The third-order valence-electron chi connectivity index (χ3n) is 4.98. The molecule has 3 heterocycles. The van der Waals surface area contributed by atoms with Crippen molar-refractivity contribution in [2.24, 2.45) is 0 Å². The molecule has 0 bridgehead atoms. The Morgan fingerprint density at radius 3 is 2.25 bits per heavy atom. The summed E-state index contributed by atoms with van der Waals surface area (Å²) in [5, 5.41) is 0. The first-order chi connectivity index (χ1) is 11.0. The van der Waals surface area contributed by atoms with Crippen LogP contribution in [0.25, 0.3) is 0 Å². The van der Waals surface area contributed by atoms with Gasteiger partial charge in [0.05, 0.1) is 23.0 Å². The first-order valence-electron chi connectivity index (χ1n) is 8.06. The number of nitrogens with zero attached hydrogens (tertiary/aromatic N) is 1. The second-order valence-electron chi connectivity index (χ2n) is 7.26. The zero-order chi connectivity index (χ0) is 17.8. The van der Waals surface area contributed by atoms with Crippen LogP contribution in [0.15, 0.2) is 12.1 Å². The van der Waals surface area contributed by atoms with E-state index in [1.165, 1.54) is 6.07 Å². The number of aromatic nitrogens is 1. The zero-order valence-corrected chi connectivity index (χ0v) is 14.2. The molecule has 0 N–H and O–H groups in total. The fraction of sp³-hybridized carbons (Fsp3) is 0.688. The Morgan fingerprint density at radius 2 is 1.75 bits per heavy atom. The van der Waals surface area contributed by atoms with E-state index in [2.05, 4.69) is 4.98 Å². The second-order valence-corrected chi connectivity index (χ2v) is 7.26. The van der Waals surface area contributed by atoms with Crippen molar-refractivity contribution < 1.29 is 27.2 Å². The van der Waals surface area contributed by atoms with E-state index in [-0.39, 0.29) is 11.6 Å². The highest BCUT2D eigenvalue weighted by atomic mass is 19.4. The fourth-order valence-electron chi connectivity index (χ4n) is 2.86. The maximum absolute atomic E-state index is 13.5. The summed E-state index contributed by atoms with van der Waals surface area (Å²) in [6, 6.07) is 2.97. The Morgan fingerprint density at radius 1 is 1.12 bits per heavy atom. The van der Waals surface area contributed by atoms with Gasteiger partial charge in [-0.05, 0) is 46.6 Å². The van der Waals surface area contributed by atoms with Crippen LogP contribution in [0.5, 0.6) is 0 Å². The van der Waals surface area contributed by atoms with Crippen molar-refractivity contribution in [3.8, 4) is 0 Å². The van der Waals surface area contributed by atoms with Crippen LogP contribution in [0.1, 0.15) is 58.0 Å². The van der Waals surface area contributed by atoms with E-state index in [0.29, 0.717) is 18.7 Å². The second kappa shape index (κ2) is 5.71. The van der Waals surface area contributed by atoms with Crippen molar-refractivity contribution in [1.29, 1.82) is 0 Å². The molecule has 1 aromatic heterocycles. The Hall–Kier alpha value is -1.12. The third kappa shape index (κ3) is 3.07. The minimum Gasteiger partial charge on any atom is -0.399 e. The number of pyridine rings is 1. The molecule has 8 heteroatoms. The number of halogens is 3. The van der Waals surface area contributed by atoms with Gasteiger partial charge in [0.25, 0.3) is 0 Å². The maximum atomic E-state index is 13.5. The molecule has 3 rings (SSSR count). The molecule has 0 aliphatic carbocycles. The molecule has 0 saturated carbocycles. The zero-order valence-electron chi connectivity index (χ0n) is 14.2. The predicted molar refractivity (Wildman–Crippen MR) is 82.9 cm³/mol. The number of hydrogen-bond donors (Lipinski definition) is 0. The van der Waals surface area contributed by atoms with Gasteiger partial charge in [0.1, 0.15) is 5.69 Å². The summed E-state index contributed by atoms with van der Waals surface area (Å²) < 4.78 is 57.6. The van der Waals surface area contributed by atoms with Gasteiger partial charge in [-0.2, -0.15) is 13.2 Å². The third-order valence-corrected chi connectivity index (χ3v) is 4.98. The van der Waals surface area contributed by atoms with Crippen molar-refractivity contribution in [3.05, 3.63) is 23.5 Å². The fourth-order valence-corrected chi connectivity index (χ4v) is 2.86. The quantitative estimate of drug-likeness (QED) is 0.773. The minimum atomic E-state index is -4.59. The molecule has 0 spiro atoms. The summed E-state index contributed by atoms with van der Waals surface area (Å²) >= 11 is 0. The average molecular weight is 343 g/mol. The summed E-state index contributed by atoms with van der Waals surface area (Å²) in [7, 11) is -1.10. The summed E-state index contributed by atoms with van der Waals surface area (Å²) in [5.41, 5.74) is -2.18. The van der Waals surface area contributed by atoms with Gasteiger partial charge in [-0.25, -0.2) is 4.98 Å². The molecule has 0 amide bonds. The van der Waals surface area contributed by atoms with Crippen LogP contribution in [0.2, 0.25) is 0 Å². The van der Waals surface area contributed by atoms with Gasteiger partial charge >= 0.3 is 13.3 Å². The molecule has 2 aliphatic heterocycles. The first kappa shape index (κ1) is 17.7. The maximum Gasteiger partial charge on any atom is 0.497 e. The van der Waals surface area contributed by atoms with E-state index in [1.54, 1.807) is 33.8 Å². The lowest BCUT2D eigenvalue weighted by molar-refractivity contribution is -0.140. The monoisotopic (exact) mass is 343 g/mol. The summed E-state index contributed by atoms with van der Waals surface area (Å²) in [6.07, 6.45) is -3.46. The van der Waals surface area contributed by atoms with E-state index in [1.807, 2.05) is 0 Å². The molecule has 132 valence electrons. The summed E-state index contributed by atoms with van der Waals surface area (Å²) in [5.74, 6) is 0. The molecule has 1 aromatic rings. The molecule has 1 atom stereocenters. The number of alkyl halides is 3. The number of ether oxygens (including phenoxy) is 1. The Balaban J connectivity index is 1.99. The molecule has 24 heavy (non-hydrogen) atoms. The molecule has 4 nitrogen and oxygen atoms in total. The van der Waals surface area contributed by atoms with Crippen molar-refractivity contribution in [1.82, 2.24) is 4.98 Å². The van der Waals surface area contributed by atoms with Gasteiger partial charge in [0.2, 0.25) is 0 Å². The lowest BCUT2D eigenvalue weighted by Gasteiger charge is -2.32. The van der Waals surface area contributed by atoms with E-state index in [9.17, 15) is 13.2 Å². The highest BCUT2D eigenvalue weighted by Gasteiger charge is 2.54. The van der Waals surface area contributed by atoms with Crippen LogP contribution in [-0.2, 0) is 20.2 Å². The van der Waals surface area contributed by atoms with Gasteiger partial charge in [0, 0.05) is 12.1 Å². The molecule has 2 saturated heterocycles. The lowest BCUT2D eigenvalue weighted by Crippen LogP contribution is -2.41. The van der Waals surface area contributed by atoms with Crippen LogP contribution in [0, 0.1) is 0 Å². The van der Waals surface area contributed by atoms with E-state index < -0.39 is 30.2 Å². The molecular formula is C16H21BF3NO3. The standard InChI is InChI=1S/C16H21BF3NO3/c1-14(2)15(3,4)24-17(23-14)10-7-8-11(12-6-5-9-22-12)21-13(10)16(18,19)20/h7-8,12H,5-6,9H2,1-4H3. The lowest BCUT2D eigenvalue weighted by atomic mass is 9.77. The SMILES string of the molecule is CC1(C)OB(c2ccc(C3CCCO3)nc2C(F)(F)F)OC1(C)C. The van der Waals surface area contributed by atoms with E-state index in [0.717, 1.165) is 6.42 Å². The summed E-state index contributed by atoms with van der Waals surface area (Å²) in [4.78, 5) is 3.86. The van der Waals surface area contributed by atoms with Gasteiger partial charge in [0.15, 0.2) is 0 Å². The van der Waals surface area contributed by atoms with E-state index >= 15 is 0 Å². The highest BCUT2D eigenvalue weighted by molar-refractivity contribution is 6.62. The number of rotatable bonds is 2. The van der Waals surface area contributed by atoms with Gasteiger partial charge in [-0.1, -0.05) is 6.07 Å². The van der Waals surface area contributed by atoms with Crippen molar-refractivity contribution >= 4 is 12.6 Å². The van der Waals surface area contributed by atoms with E-state index in [4.69, 9.17) is 14.0 Å². The van der Waals surface area contributed by atoms with Crippen molar-refractivity contribution in [2.75, 3.05) is 6.61 Å². The molecular weight excluding hydrogens is 322 g/mol. The Labute approximate surface area is 139 Å². The molecule has 0 aromatic carbocycles. The van der Waals surface area contributed by atoms with Crippen LogP contribution in [0.4, 0.5) is 13.2 Å². The van der Waals surface area contributed by atoms with Gasteiger partial charge in [-0.3, -0.25) is 0 Å². The Kier molecular flexibility index (Phi) is 4.21. The van der Waals surface area contributed by atoms with Crippen LogP contribution >= 0.6 is 0 Å².